The summed E-state index contributed by atoms with van der Waals surface area (Å²) < 4.78 is 0. The predicted molar refractivity (Wildman–Crippen MR) is 71.9 cm³/mol. The second kappa shape index (κ2) is 4.45. The van der Waals surface area contributed by atoms with Crippen LogP contribution in [0.3, 0.4) is 0 Å². The van der Waals surface area contributed by atoms with E-state index in [1.165, 1.54) is 12.0 Å². The largest absolute Gasteiger partial charge is 0.390 e. The molecule has 1 heteroatoms. The van der Waals surface area contributed by atoms with Gasteiger partial charge in [0.05, 0.1) is 5.60 Å². The summed E-state index contributed by atoms with van der Waals surface area (Å²) in [5.41, 5.74) is 1.14. The Kier molecular flexibility index (Phi) is 3.31. The van der Waals surface area contributed by atoms with Gasteiger partial charge in [-0.05, 0) is 49.5 Å². The van der Waals surface area contributed by atoms with E-state index in [1.54, 1.807) is 0 Å². The second-order valence-electron chi connectivity index (χ2n) is 6.66. The van der Waals surface area contributed by atoms with Gasteiger partial charge in [-0.1, -0.05) is 44.2 Å². The summed E-state index contributed by atoms with van der Waals surface area (Å²) in [6, 6.07) is 10.6. The van der Waals surface area contributed by atoms with Gasteiger partial charge in [-0.3, -0.25) is 0 Å². The first-order valence-electron chi connectivity index (χ1n) is 6.65. The van der Waals surface area contributed by atoms with Crippen LogP contribution in [0.4, 0.5) is 0 Å². The normalized spacial score (nSPS) is 38.0. The summed E-state index contributed by atoms with van der Waals surface area (Å²) in [7, 11) is 0. The monoisotopic (exact) mass is 232 g/mol. The molecule has 3 atom stereocenters. The molecule has 0 unspecified atom stereocenters. The standard InChI is InChI=1S/C16H24O/c1-13-9-15(2,12-16(3,17)10-13)11-14-7-5-4-6-8-14/h4-8,13,17H,9-12H2,1-3H3/t13-,15+,16+/m0/s1. The van der Waals surface area contributed by atoms with E-state index in [2.05, 4.69) is 44.2 Å². The van der Waals surface area contributed by atoms with Crippen molar-refractivity contribution in [1.82, 2.24) is 0 Å². The zero-order valence-electron chi connectivity index (χ0n) is 11.2. The van der Waals surface area contributed by atoms with Gasteiger partial charge in [-0.25, -0.2) is 0 Å². The Morgan fingerprint density at radius 1 is 1.18 bits per heavy atom. The van der Waals surface area contributed by atoms with Crippen molar-refractivity contribution in [2.75, 3.05) is 0 Å². The fraction of sp³-hybridized carbons (Fsp3) is 0.625. The van der Waals surface area contributed by atoms with E-state index >= 15 is 0 Å². The molecule has 0 bridgehead atoms. The molecule has 0 aromatic heterocycles. The van der Waals surface area contributed by atoms with E-state index in [0.717, 1.165) is 19.3 Å². The molecule has 1 aromatic rings. The van der Waals surface area contributed by atoms with Crippen LogP contribution in [-0.4, -0.2) is 10.7 Å². The zero-order chi connectivity index (χ0) is 12.5. The van der Waals surface area contributed by atoms with Crippen molar-refractivity contribution in [3.05, 3.63) is 35.9 Å². The number of rotatable bonds is 2. The summed E-state index contributed by atoms with van der Waals surface area (Å²) in [5.74, 6) is 0.618. The topological polar surface area (TPSA) is 20.2 Å². The Morgan fingerprint density at radius 2 is 1.82 bits per heavy atom. The first kappa shape index (κ1) is 12.6. The highest BCUT2D eigenvalue weighted by Gasteiger charge is 2.40. The average molecular weight is 232 g/mol. The molecule has 0 aliphatic heterocycles. The number of aliphatic hydroxyl groups is 1. The van der Waals surface area contributed by atoms with Gasteiger partial charge in [0.2, 0.25) is 0 Å². The Bertz CT molecular complexity index is 368. The fourth-order valence-electron chi connectivity index (χ4n) is 3.95. The lowest BCUT2D eigenvalue weighted by Gasteiger charge is -2.45. The van der Waals surface area contributed by atoms with Crippen molar-refractivity contribution in [1.29, 1.82) is 0 Å². The minimum absolute atomic E-state index is 0.239. The van der Waals surface area contributed by atoms with Crippen molar-refractivity contribution < 1.29 is 5.11 Å². The minimum atomic E-state index is -0.485. The molecule has 0 saturated heterocycles. The third-order valence-corrected chi connectivity index (χ3v) is 3.91. The first-order valence-corrected chi connectivity index (χ1v) is 6.65. The van der Waals surface area contributed by atoms with Crippen LogP contribution < -0.4 is 0 Å². The van der Waals surface area contributed by atoms with Crippen LogP contribution in [0.1, 0.15) is 45.6 Å². The lowest BCUT2D eigenvalue weighted by Crippen LogP contribution is -2.42. The summed E-state index contributed by atoms with van der Waals surface area (Å²) in [6.45, 7) is 6.58. The molecule has 1 N–H and O–H groups in total. The Hall–Kier alpha value is -0.820. The van der Waals surface area contributed by atoms with E-state index in [4.69, 9.17) is 0 Å². The van der Waals surface area contributed by atoms with Gasteiger partial charge in [0.1, 0.15) is 0 Å². The van der Waals surface area contributed by atoms with Crippen LogP contribution in [0.2, 0.25) is 0 Å². The third-order valence-electron chi connectivity index (χ3n) is 3.91. The quantitative estimate of drug-likeness (QED) is 0.822. The lowest BCUT2D eigenvalue weighted by molar-refractivity contribution is -0.0495. The average Bonchev–Trinajstić information content (AvgIpc) is 2.13. The van der Waals surface area contributed by atoms with Crippen LogP contribution >= 0.6 is 0 Å². The van der Waals surface area contributed by atoms with E-state index in [-0.39, 0.29) is 5.41 Å². The van der Waals surface area contributed by atoms with Gasteiger partial charge < -0.3 is 5.11 Å². The van der Waals surface area contributed by atoms with Crippen LogP contribution in [-0.2, 0) is 6.42 Å². The Labute approximate surface area is 105 Å². The SMILES string of the molecule is C[C@@H]1C[C@@](C)(O)C[C@@](C)(Cc2ccccc2)C1. The van der Waals surface area contributed by atoms with Crippen molar-refractivity contribution in [3.8, 4) is 0 Å². The minimum Gasteiger partial charge on any atom is -0.390 e. The molecule has 1 saturated carbocycles. The molecule has 1 aliphatic carbocycles. The van der Waals surface area contributed by atoms with Crippen LogP contribution in [0.5, 0.6) is 0 Å². The summed E-state index contributed by atoms with van der Waals surface area (Å²) in [5, 5.41) is 10.4. The molecular formula is C16H24O. The smallest absolute Gasteiger partial charge is 0.0627 e. The van der Waals surface area contributed by atoms with Gasteiger partial charge in [-0.2, -0.15) is 0 Å². The molecule has 1 aromatic carbocycles. The van der Waals surface area contributed by atoms with E-state index in [0.29, 0.717) is 5.92 Å². The Balaban J connectivity index is 2.13. The third kappa shape index (κ3) is 3.32. The highest BCUT2D eigenvalue weighted by Crippen LogP contribution is 2.45. The van der Waals surface area contributed by atoms with Gasteiger partial charge in [0.25, 0.3) is 0 Å². The van der Waals surface area contributed by atoms with Crippen LogP contribution in [0, 0.1) is 11.3 Å². The van der Waals surface area contributed by atoms with Gasteiger partial charge in [0, 0.05) is 0 Å². The molecule has 1 fully saturated rings. The maximum absolute atomic E-state index is 10.4. The Morgan fingerprint density at radius 3 is 2.41 bits per heavy atom. The maximum Gasteiger partial charge on any atom is 0.0627 e. The number of hydrogen-bond acceptors (Lipinski definition) is 1. The van der Waals surface area contributed by atoms with Crippen LogP contribution in [0.15, 0.2) is 30.3 Å². The molecule has 0 radical (unpaired) electrons. The molecule has 1 nitrogen and oxygen atoms in total. The fourth-order valence-corrected chi connectivity index (χ4v) is 3.95. The zero-order valence-corrected chi connectivity index (χ0v) is 11.2. The van der Waals surface area contributed by atoms with Gasteiger partial charge in [0.15, 0.2) is 0 Å². The molecule has 0 amide bonds. The van der Waals surface area contributed by atoms with E-state index in [1.807, 2.05) is 6.92 Å². The first-order chi connectivity index (χ1) is 7.89. The lowest BCUT2D eigenvalue weighted by atomic mass is 9.63. The molecular weight excluding hydrogens is 208 g/mol. The number of benzene rings is 1. The maximum atomic E-state index is 10.4. The van der Waals surface area contributed by atoms with Gasteiger partial charge >= 0.3 is 0 Å². The van der Waals surface area contributed by atoms with E-state index in [9.17, 15) is 5.11 Å². The summed E-state index contributed by atoms with van der Waals surface area (Å²) in [6.07, 6.45) is 4.16. The molecule has 17 heavy (non-hydrogen) atoms. The molecule has 0 heterocycles. The summed E-state index contributed by atoms with van der Waals surface area (Å²) in [4.78, 5) is 0. The molecule has 1 aliphatic rings. The molecule has 2 rings (SSSR count). The highest BCUT2D eigenvalue weighted by molar-refractivity contribution is 5.17. The molecule has 94 valence electrons. The summed E-state index contributed by atoms with van der Waals surface area (Å²) >= 11 is 0. The molecule has 0 spiro atoms. The van der Waals surface area contributed by atoms with Crippen molar-refractivity contribution in [2.24, 2.45) is 11.3 Å². The predicted octanol–water partition coefficient (Wildman–Crippen LogP) is 3.81. The van der Waals surface area contributed by atoms with Crippen molar-refractivity contribution in [2.45, 2.75) is 52.1 Å². The van der Waals surface area contributed by atoms with E-state index < -0.39 is 5.60 Å². The van der Waals surface area contributed by atoms with Crippen molar-refractivity contribution >= 4 is 0 Å². The number of hydrogen-bond donors (Lipinski definition) is 1. The second-order valence-corrected chi connectivity index (χ2v) is 6.66. The van der Waals surface area contributed by atoms with Crippen molar-refractivity contribution in [3.63, 3.8) is 0 Å². The van der Waals surface area contributed by atoms with Crippen LogP contribution in [0.25, 0.3) is 0 Å². The van der Waals surface area contributed by atoms with Gasteiger partial charge in [-0.15, -0.1) is 0 Å². The highest BCUT2D eigenvalue weighted by atomic mass is 16.3.